The van der Waals surface area contributed by atoms with E-state index in [1.165, 1.54) is 12.1 Å². The van der Waals surface area contributed by atoms with E-state index in [1.807, 2.05) is 32.0 Å². The molecular formula is C15H17ClN2O2S. The second kappa shape index (κ2) is 5.58. The van der Waals surface area contributed by atoms with Gasteiger partial charge in [-0.2, -0.15) is 0 Å². The van der Waals surface area contributed by atoms with Crippen molar-refractivity contribution in [3.63, 3.8) is 0 Å². The van der Waals surface area contributed by atoms with E-state index in [1.54, 1.807) is 6.92 Å². The highest BCUT2D eigenvalue weighted by atomic mass is 35.5. The maximum absolute atomic E-state index is 12.5. The predicted molar refractivity (Wildman–Crippen MR) is 87.3 cm³/mol. The second-order valence-corrected chi connectivity index (χ2v) is 7.08. The number of aryl methyl sites for hydroxylation is 3. The number of halogens is 1. The van der Waals surface area contributed by atoms with Gasteiger partial charge >= 0.3 is 0 Å². The molecule has 3 N–H and O–H groups in total. The van der Waals surface area contributed by atoms with E-state index in [0.717, 1.165) is 11.1 Å². The maximum atomic E-state index is 12.5. The lowest BCUT2D eigenvalue weighted by atomic mass is 10.1. The first-order chi connectivity index (χ1) is 9.72. The van der Waals surface area contributed by atoms with Gasteiger partial charge in [0.2, 0.25) is 0 Å². The molecule has 0 aliphatic heterocycles. The molecule has 112 valence electrons. The Kier molecular flexibility index (Phi) is 4.16. The molecule has 0 aliphatic carbocycles. The Labute approximate surface area is 130 Å². The molecule has 0 heterocycles. The van der Waals surface area contributed by atoms with Crippen LogP contribution in [0.15, 0.2) is 35.2 Å². The van der Waals surface area contributed by atoms with Crippen molar-refractivity contribution in [1.82, 2.24) is 0 Å². The zero-order chi connectivity index (χ0) is 15.8. The van der Waals surface area contributed by atoms with E-state index in [-0.39, 0.29) is 10.6 Å². The molecule has 21 heavy (non-hydrogen) atoms. The van der Waals surface area contributed by atoms with E-state index in [2.05, 4.69) is 4.72 Å². The standard InChI is InChI=1S/C15H17ClN2O2S/c1-9-5-4-6-10(2)15(9)18-21(19,20)12-7-11(3)14(16)13(17)8-12/h4-8,18H,17H2,1-3H3. The zero-order valence-electron chi connectivity index (χ0n) is 12.1. The summed E-state index contributed by atoms with van der Waals surface area (Å²) in [4.78, 5) is 0.101. The van der Waals surface area contributed by atoms with E-state index < -0.39 is 10.0 Å². The smallest absolute Gasteiger partial charge is 0.261 e. The van der Waals surface area contributed by atoms with Crippen molar-refractivity contribution in [2.75, 3.05) is 10.5 Å². The minimum Gasteiger partial charge on any atom is -0.397 e. The van der Waals surface area contributed by atoms with Gasteiger partial charge in [0, 0.05) is 0 Å². The molecule has 0 amide bonds. The number of rotatable bonds is 3. The summed E-state index contributed by atoms with van der Waals surface area (Å²) in [7, 11) is -3.71. The third-order valence-electron chi connectivity index (χ3n) is 3.28. The molecule has 4 nitrogen and oxygen atoms in total. The fraction of sp³-hybridized carbons (Fsp3) is 0.200. The number of nitrogens with two attached hydrogens (primary N) is 1. The van der Waals surface area contributed by atoms with Crippen LogP contribution in [0.5, 0.6) is 0 Å². The molecular weight excluding hydrogens is 308 g/mol. The largest absolute Gasteiger partial charge is 0.397 e. The molecule has 2 aromatic carbocycles. The summed E-state index contributed by atoms with van der Waals surface area (Å²) in [5, 5.41) is 0.376. The number of para-hydroxylation sites is 1. The van der Waals surface area contributed by atoms with Crippen molar-refractivity contribution >= 4 is 33.0 Å². The quantitative estimate of drug-likeness (QED) is 0.846. The normalized spacial score (nSPS) is 11.4. The average molecular weight is 325 g/mol. The number of benzene rings is 2. The number of anilines is 2. The van der Waals surface area contributed by atoms with Gasteiger partial charge < -0.3 is 5.73 Å². The summed E-state index contributed by atoms with van der Waals surface area (Å²) in [5.74, 6) is 0. The Morgan fingerprint density at radius 1 is 1.05 bits per heavy atom. The molecule has 0 radical (unpaired) electrons. The predicted octanol–water partition coefficient (Wildman–Crippen LogP) is 3.65. The third kappa shape index (κ3) is 3.14. The second-order valence-electron chi connectivity index (χ2n) is 5.02. The molecule has 2 aromatic rings. The van der Waals surface area contributed by atoms with Crippen molar-refractivity contribution in [2.45, 2.75) is 25.7 Å². The van der Waals surface area contributed by atoms with Crippen LogP contribution in [0.2, 0.25) is 5.02 Å². The van der Waals surface area contributed by atoms with Gasteiger partial charge in [0.1, 0.15) is 0 Å². The van der Waals surface area contributed by atoms with Gasteiger partial charge in [-0.05, 0) is 49.6 Å². The summed E-state index contributed by atoms with van der Waals surface area (Å²) in [6, 6.07) is 8.46. The van der Waals surface area contributed by atoms with E-state index in [0.29, 0.717) is 16.3 Å². The van der Waals surface area contributed by atoms with Crippen LogP contribution in [-0.4, -0.2) is 8.42 Å². The average Bonchev–Trinajstić information content (AvgIpc) is 2.40. The Morgan fingerprint density at radius 3 is 2.14 bits per heavy atom. The molecule has 0 saturated carbocycles. The maximum Gasteiger partial charge on any atom is 0.261 e. The molecule has 0 spiro atoms. The van der Waals surface area contributed by atoms with Crippen LogP contribution >= 0.6 is 11.6 Å². The first-order valence-electron chi connectivity index (χ1n) is 6.37. The SMILES string of the molecule is Cc1cc(S(=O)(=O)Nc2c(C)cccc2C)cc(N)c1Cl. The number of nitrogens with one attached hydrogen (secondary N) is 1. The molecule has 0 aliphatic rings. The van der Waals surface area contributed by atoms with Crippen LogP contribution in [0.3, 0.4) is 0 Å². The molecule has 0 fully saturated rings. The summed E-state index contributed by atoms with van der Waals surface area (Å²) < 4.78 is 27.6. The highest BCUT2D eigenvalue weighted by molar-refractivity contribution is 7.92. The van der Waals surface area contributed by atoms with E-state index in [9.17, 15) is 8.42 Å². The highest BCUT2D eigenvalue weighted by Crippen LogP contribution is 2.29. The third-order valence-corrected chi connectivity index (χ3v) is 5.13. The van der Waals surface area contributed by atoms with E-state index >= 15 is 0 Å². The molecule has 0 atom stereocenters. The van der Waals surface area contributed by atoms with Gasteiger partial charge in [-0.25, -0.2) is 8.42 Å². The molecule has 0 unspecified atom stereocenters. The minimum atomic E-state index is -3.71. The Hall–Kier alpha value is -1.72. The van der Waals surface area contributed by atoms with Gasteiger partial charge in [-0.1, -0.05) is 29.8 Å². The van der Waals surface area contributed by atoms with Crippen LogP contribution in [0.25, 0.3) is 0 Å². The number of hydrogen-bond donors (Lipinski definition) is 2. The number of sulfonamides is 1. The number of hydrogen-bond acceptors (Lipinski definition) is 3. The Balaban J connectivity index is 2.49. The molecule has 0 bridgehead atoms. The van der Waals surface area contributed by atoms with Crippen LogP contribution in [0.4, 0.5) is 11.4 Å². The Morgan fingerprint density at radius 2 is 1.62 bits per heavy atom. The monoisotopic (exact) mass is 324 g/mol. The molecule has 6 heteroatoms. The molecule has 0 aromatic heterocycles. The van der Waals surface area contributed by atoms with E-state index in [4.69, 9.17) is 17.3 Å². The van der Waals surface area contributed by atoms with Crippen molar-refractivity contribution in [3.8, 4) is 0 Å². The summed E-state index contributed by atoms with van der Waals surface area (Å²) >= 11 is 5.97. The highest BCUT2D eigenvalue weighted by Gasteiger charge is 2.18. The first kappa shape index (κ1) is 15.7. The van der Waals surface area contributed by atoms with Crippen molar-refractivity contribution in [1.29, 1.82) is 0 Å². The van der Waals surface area contributed by atoms with Crippen molar-refractivity contribution in [3.05, 3.63) is 52.0 Å². The van der Waals surface area contributed by atoms with Crippen LogP contribution in [0, 0.1) is 20.8 Å². The van der Waals surface area contributed by atoms with Gasteiger partial charge in [0.05, 0.1) is 21.3 Å². The van der Waals surface area contributed by atoms with Gasteiger partial charge in [0.25, 0.3) is 10.0 Å². The fourth-order valence-electron chi connectivity index (χ4n) is 2.09. The van der Waals surface area contributed by atoms with Crippen molar-refractivity contribution in [2.24, 2.45) is 0 Å². The lowest BCUT2D eigenvalue weighted by Crippen LogP contribution is -2.15. The molecule has 2 rings (SSSR count). The summed E-state index contributed by atoms with van der Waals surface area (Å²) in [5.41, 5.74) is 8.92. The van der Waals surface area contributed by atoms with Crippen molar-refractivity contribution < 1.29 is 8.42 Å². The summed E-state index contributed by atoms with van der Waals surface area (Å²) in [6.45, 7) is 5.43. The fourth-order valence-corrected chi connectivity index (χ4v) is 3.52. The van der Waals surface area contributed by atoms with Gasteiger partial charge in [-0.3, -0.25) is 4.72 Å². The van der Waals surface area contributed by atoms with Crippen LogP contribution < -0.4 is 10.5 Å². The summed E-state index contributed by atoms with van der Waals surface area (Å²) in [6.07, 6.45) is 0. The first-order valence-corrected chi connectivity index (χ1v) is 8.23. The van der Waals surface area contributed by atoms with Crippen LogP contribution in [-0.2, 0) is 10.0 Å². The molecule has 0 saturated heterocycles. The Bertz CT molecular complexity index is 758. The number of nitrogen functional groups attached to an aromatic ring is 1. The topological polar surface area (TPSA) is 72.2 Å². The van der Waals surface area contributed by atoms with Gasteiger partial charge in [-0.15, -0.1) is 0 Å². The van der Waals surface area contributed by atoms with Gasteiger partial charge in [0.15, 0.2) is 0 Å². The lowest BCUT2D eigenvalue weighted by Gasteiger charge is -2.14. The minimum absolute atomic E-state index is 0.101. The zero-order valence-corrected chi connectivity index (χ0v) is 13.6. The van der Waals surface area contributed by atoms with Crippen LogP contribution in [0.1, 0.15) is 16.7 Å². The lowest BCUT2D eigenvalue weighted by molar-refractivity contribution is 0.601.